The van der Waals surface area contributed by atoms with Crippen LogP contribution in [0.5, 0.6) is 0 Å². The molecule has 1 aromatic carbocycles. The maximum atomic E-state index is 14.4. The second kappa shape index (κ2) is 14.0. The quantitative estimate of drug-likeness (QED) is 0.281. The number of ether oxygens (including phenoxy) is 1. The number of hydrogen-bond acceptors (Lipinski definition) is 8. The van der Waals surface area contributed by atoms with E-state index in [0.717, 1.165) is 30.6 Å². The highest BCUT2D eigenvalue weighted by atomic mass is 32.2. The molecule has 4 N–H and O–H groups in total. The number of likely N-dealkylation sites (tertiary alicyclic amines) is 1. The van der Waals surface area contributed by atoms with Crippen molar-refractivity contribution in [3.8, 4) is 0 Å². The van der Waals surface area contributed by atoms with E-state index >= 15 is 0 Å². The lowest BCUT2D eigenvalue weighted by molar-refractivity contribution is -0.143. The van der Waals surface area contributed by atoms with Gasteiger partial charge in [0.1, 0.15) is 29.5 Å². The number of halogens is 3. The van der Waals surface area contributed by atoms with Crippen molar-refractivity contribution >= 4 is 39.9 Å². The molecule has 5 atom stereocenters. The minimum absolute atomic E-state index is 0.0632. The number of nitrogens with one attached hydrogen (secondary N) is 4. The van der Waals surface area contributed by atoms with Crippen LogP contribution < -0.4 is 20.7 Å². The van der Waals surface area contributed by atoms with Crippen molar-refractivity contribution in [2.75, 3.05) is 6.54 Å². The summed E-state index contributed by atoms with van der Waals surface area (Å²) in [6.07, 6.45) is -1.77. The Morgan fingerprint density at radius 2 is 1.71 bits per heavy atom. The number of alkyl halides is 2. The molecule has 1 unspecified atom stereocenters. The summed E-state index contributed by atoms with van der Waals surface area (Å²) in [5, 5.41) is 7.10. The van der Waals surface area contributed by atoms with Crippen LogP contribution in [-0.4, -0.2) is 96.1 Å². The Morgan fingerprint density at radius 1 is 1.02 bits per heavy atom. The topological polar surface area (TPSA) is 183 Å². The second-order valence-electron chi connectivity index (χ2n) is 15.7. The van der Waals surface area contributed by atoms with Gasteiger partial charge in [0.25, 0.3) is 5.91 Å². The number of fused-ring (bicyclic) bond motifs is 1. The fourth-order valence-corrected chi connectivity index (χ4v) is 8.75. The summed E-state index contributed by atoms with van der Waals surface area (Å²) in [5.41, 5.74) is -2.23. The molecule has 0 radical (unpaired) electrons. The van der Waals surface area contributed by atoms with Gasteiger partial charge in [-0.05, 0) is 49.1 Å². The van der Waals surface area contributed by atoms with Crippen molar-refractivity contribution in [2.45, 2.75) is 127 Å². The molecule has 3 saturated carbocycles. The molecule has 18 heteroatoms. The smallest absolute Gasteiger partial charge is 0.410 e. The lowest BCUT2D eigenvalue weighted by atomic mass is 9.85. The van der Waals surface area contributed by atoms with E-state index in [-0.39, 0.29) is 32.1 Å². The predicted molar refractivity (Wildman–Crippen MR) is 178 cm³/mol. The third kappa shape index (κ3) is 7.81. The van der Waals surface area contributed by atoms with Gasteiger partial charge < -0.3 is 25.6 Å². The van der Waals surface area contributed by atoms with Crippen LogP contribution >= 0.6 is 0 Å². The van der Waals surface area contributed by atoms with Crippen LogP contribution in [0, 0.1) is 17.2 Å². The molecule has 14 nitrogen and oxygen atoms in total. The molecule has 1 aromatic rings. The Hall–Kier alpha value is -4.09. The summed E-state index contributed by atoms with van der Waals surface area (Å²) in [4.78, 5) is 70.3. The molecule has 5 aliphatic rings. The standard InChI is InChI=1S/C34H45F3N6O8S/c1-33(2,3)26(39-31(47)38-19-8-4-5-9-19)29(45)43-16-20(51-32(48)42-15-18-7-6-10-24(35)22(18)17-42)13-25(43)28(44)40-34(14-23(34)27(36)37)30(46)41-52(49,50)21-11-12-21/h6-7,10,19-21,23,25-27H,4-5,8-9,11-17H2,1-3H3,(H,40,44)(H,41,46)(H2,38,39,47)/t20-,23+,25?,26-,34+/m1/s1. The van der Waals surface area contributed by atoms with Gasteiger partial charge in [-0.1, -0.05) is 45.7 Å². The van der Waals surface area contributed by atoms with Crippen molar-refractivity contribution in [3.05, 3.63) is 35.1 Å². The Kier molecular flexibility index (Phi) is 10.2. The van der Waals surface area contributed by atoms with Crippen LogP contribution in [0.1, 0.15) is 83.3 Å². The molecule has 2 heterocycles. The highest BCUT2D eigenvalue weighted by Crippen LogP contribution is 2.48. The number of benzene rings is 1. The summed E-state index contributed by atoms with van der Waals surface area (Å²) >= 11 is 0. The molecule has 4 fully saturated rings. The van der Waals surface area contributed by atoms with Gasteiger partial charge in [0, 0.05) is 24.6 Å². The predicted octanol–water partition coefficient (Wildman–Crippen LogP) is 2.65. The second-order valence-corrected chi connectivity index (χ2v) is 17.6. The van der Waals surface area contributed by atoms with Gasteiger partial charge in [-0.3, -0.25) is 24.0 Å². The van der Waals surface area contributed by atoms with Gasteiger partial charge >= 0.3 is 12.1 Å². The molecule has 2 aliphatic heterocycles. The van der Waals surface area contributed by atoms with Crippen molar-refractivity contribution in [1.82, 2.24) is 30.5 Å². The van der Waals surface area contributed by atoms with Gasteiger partial charge in [0.05, 0.1) is 24.3 Å². The van der Waals surface area contributed by atoms with E-state index in [4.69, 9.17) is 4.74 Å². The number of carbonyl (C=O) groups excluding carboxylic acids is 5. The Balaban J connectivity index is 1.23. The summed E-state index contributed by atoms with van der Waals surface area (Å²) in [6.45, 7) is 4.78. The Morgan fingerprint density at radius 3 is 2.31 bits per heavy atom. The first kappa shape index (κ1) is 37.7. The monoisotopic (exact) mass is 754 g/mol. The van der Waals surface area contributed by atoms with Gasteiger partial charge in [-0.25, -0.2) is 31.2 Å². The molecule has 0 bridgehead atoms. The summed E-state index contributed by atoms with van der Waals surface area (Å²) in [6, 6.07) is 1.15. The van der Waals surface area contributed by atoms with Gasteiger partial charge in [-0.15, -0.1) is 0 Å². The maximum Gasteiger partial charge on any atom is 0.410 e. The van der Waals surface area contributed by atoms with Crippen LogP contribution in [0.15, 0.2) is 18.2 Å². The van der Waals surface area contributed by atoms with Crippen LogP contribution in [0.3, 0.4) is 0 Å². The van der Waals surface area contributed by atoms with Gasteiger partial charge in [-0.2, -0.15) is 0 Å². The van der Waals surface area contributed by atoms with Crippen molar-refractivity contribution in [3.63, 3.8) is 0 Å². The molecule has 0 spiro atoms. The molecule has 6 rings (SSSR count). The maximum absolute atomic E-state index is 14.4. The first-order valence-corrected chi connectivity index (χ1v) is 19.2. The average Bonchev–Trinajstić information content (AvgIpc) is 3.87. The minimum atomic E-state index is -4.15. The zero-order valence-corrected chi connectivity index (χ0v) is 30.1. The number of rotatable bonds is 10. The van der Waals surface area contributed by atoms with E-state index in [9.17, 15) is 45.6 Å². The summed E-state index contributed by atoms with van der Waals surface area (Å²) in [5.74, 6) is -5.22. The summed E-state index contributed by atoms with van der Waals surface area (Å²) < 4.78 is 75.1. The first-order valence-electron chi connectivity index (χ1n) is 17.6. The molecular weight excluding hydrogens is 709 g/mol. The lowest BCUT2D eigenvalue weighted by Crippen LogP contribution is -2.61. The van der Waals surface area contributed by atoms with E-state index in [1.807, 2.05) is 4.72 Å². The van der Waals surface area contributed by atoms with E-state index in [1.165, 1.54) is 17.0 Å². The number of sulfonamides is 1. The normalized spacial score (nSPS) is 26.5. The zero-order valence-electron chi connectivity index (χ0n) is 29.3. The zero-order chi connectivity index (χ0) is 37.7. The van der Waals surface area contributed by atoms with Crippen LogP contribution in [0.25, 0.3) is 0 Å². The molecule has 1 saturated heterocycles. The van der Waals surface area contributed by atoms with Crippen LogP contribution in [0.2, 0.25) is 0 Å². The number of carbonyl (C=O) groups is 5. The number of amides is 6. The first-order chi connectivity index (χ1) is 24.4. The van der Waals surface area contributed by atoms with E-state index in [0.29, 0.717) is 24.0 Å². The third-order valence-corrected chi connectivity index (χ3v) is 12.5. The largest absolute Gasteiger partial charge is 0.444 e. The van der Waals surface area contributed by atoms with E-state index in [1.54, 1.807) is 26.8 Å². The van der Waals surface area contributed by atoms with Crippen LogP contribution in [-0.2, 0) is 42.2 Å². The van der Waals surface area contributed by atoms with Crippen molar-refractivity contribution in [2.24, 2.45) is 11.3 Å². The van der Waals surface area contributed by atoms with E-state index < -0.39 is 98.8 Å². The third-order valence-electron chi connectivity index (χ3n) is 10.6. The molecular formula is C34H45F3N6O8S. The molecule has 6 amide bonds. The average molecular weight is 755 g/mol. The van der Waals surface area contributed by atoms with Gasteiger partial charge in [0.2, 0.25) is 28.3 Å². The van der Waals surface area contributed by atoms with Crippen molar-refractivity contribution in [1.29, 1.82) is 0 Å². The molecule has 52 heavy (non-hydrogen) atoms. The minimum Gasteiger partial charge on any atom is -0.444 e. The highest BCUT2D eigenvalue weighted by Gasteiger charge is 2.67. The fraction of sp³-hybridized carbons (Fsp3) is 0.676. The highest BCUT2D eigenvalue weighted by molar-refractivity contribution is 7.91. The van der Waals surface area contributed by atoms with Crippen LogP contribution in [0.4, 0.5) is 22.8 Å². The van der Waals surface area contributed by atoms with Crippen molar-refractivity contribution < 1.29 is 50.3 Å². The fourth-order valence-electron chi connectivity index (χ4n) is 7.38. The van der Waals surface area contributed by atoms with Gasteiger partial charge in [0.15, 0.2) is 0 Å². The number of urea groups is 1. The number of nitrogens with zero attached hydrogens (tertiary/aromatic N) is 2. The Labute approximate surface area is 300 Å². The SMILES string of the molecule is CC(C)(C)[C@H](NC(=O)NC1CCCC1)C(=O)N1C[C@H](OC(=O)N2Cc3cccc(F)c3C2)CC1C(=O)N[C@@]1(C(=O)NS(=O)(=O)C2CC2)C[C@H]1C(F)F. The molecule has 3 aliphatic carbocycles. The molecule has 0 aromatic heterocycles. The number of hydrogen-bond donors (Lipinski definition) is 4. The molecule has 286 valence electrons. The lowest BCUT2D eigenvalue weighted by Gasteiger charge is -2.35. The Bertz CT molecular complexity index is 1730. The van der Waals surface area contributed by atoms with E-state index in [2.05, 4.69) is 16.0 Å². The summed E-state index contributed by atoms with van der Waals surface area (Å²) in [7, 11) is -4.15.